The highest BCUT2D eigenvalue weighted by Crippen LogP contribution is 2.59. The number of aryl methyl sites for hydroxylation is 1. The number of nitrogens with one attached hydrogen (secondary N) is 1. The van der Waals surface area contributed by atoms with Crippen LogP contribution < -0.4 is 19.7 Å². The number of amides is 1. The van der Waals surface area contributed by atoms with E-state index in [1.165, 1.54) is 11.3 Å². The summed E-state index contributed by atoms with van der Waals surface area (Å²) in [4.78, 5) is 46.7. The molecule has 7 nitrogen and oxygen atoms in total. The van der Waals surface area contributed by atoms with Crippen molar-refractivity contribution in [2.24, 2.45) is 5.92 Å². The van der Waals surface area contributed by atoms with Gasteiger partial charge in [0.1, 0.15) is 11.5 Å². The third-order valence-electron chi connectivity index (χ3n) is 9.10. The summed E-state index contributed by atoms with van der Waals surface area (Å²) in [6.45, 7) is 4.14. The second-order valence-corrected chi connectivity index (χ2v) is 12.2. The second-order valence-electron chi connectivity index (χ2n) is 11.3. The van der Waals surface area contributed by atoms with E-state index >= 15 is 0 Å². The molecule has 4 aromatic rings. The normalized spacial score (nSPS) is 24.6. The molecule has 5 heterocycles. The first-order valence-corrected chi connectivity index (χ1v) is 14.8. The number of carbonyl (C=O) groups excluding carboxylic acids is 3. The quantitative estimate of drug-likeness (QED) is 0.300. The van der Waals surface area contributed by atoms with Gasteiger partial charge in [0, 0.05) is 22.5 Å². The molecule has 1 N–H and O–H groups in total. The number of thiophene rings is 1. The lowest BCUT2D eigenvalue weighted by Crippen LogP contribution is -2.51. The SMILES string of the molecule is CC1=C[C@@H]2N(c3ccc(C)cc31)[C@H](C(=O)c1cccs1)[C@@H](C(=O)c1ccc3c(c1)OCO3)[C@@]21C(=O)Nc2ccccc21. The third-order valence-corrected chi connectivity index (χ3v) is 9.99. The molecule has 0 aliphatic carbocycles. The Labute approximate surface area is 246 Å². The molecular weight excluding hydrogens is 548 g/mol. The van der Waals surface area contributed by atoms with E-state index in [1.807, 2.05) is 66.6 Å². The molecule has 0 radical (unpaired) electrons. The Morgan fingerprint density at radius 2 is 1.79 bits per heavy atom. The minimum absolute atomic E-state index is 0.0751. The van der Waals surface area contributed by atoms with Gasteiger partial charge < -0.3 is 19.7 Å². The molecule has 3 aromatic carbocycles. The van der Waals surface area contributed by atoms with Gasteiger partial charge in [-0.2, -0.15) is 0 Å². The number of carbonyl (C=O) groups is 3. The Hall–Kier alpha value is -4.69. The average Bonchev–Trinajstić information content (AvgIpc) is 3.79. The molecule has 208 valence electrons. The van der Waals surface area contributed by atoms with Crippen molar-refractivity contribution in [3.05, 3.63) is 111 Å². The van der Waals surface area contributed by atoms with Gasteiger partial charge in [0.05, 0.1) is 16.8 Å². The van der Waals surface area contributed by atoms with Crippen molar-refractivity contribution in [3.63, 3.8) is 0 Å². The maximum absolute atomic E-state index is 15.0. The van der Waals surface area contributed by atoms with E-state index in [9.17, 15) is 14.4 Å². The van der Waals surface area contributed by atoms with Crippen molar-refractivity contribution in [1.29, 1.82) is 0 Å². The maximum Gasteiger partial charge on any atom is 0.238 e. The lowest BCUT2D eigenvalue weighted by molar-refractivity contribution is -0.121. The fourth-order valence-electron chi connectivity index (χ4n) is 7.34. The van der Waals surface area contributed by atoms with E-state index in [0.29, 0.717) is 27.6 Å². The summed E-state index contributed by atoms with van der Waals surface area (Å²) >= 11 is 1.34. The molecule has 1 aromatic heterocycles. The number of rotatable bonds is 4. The molecule has 42 heavy (non-hydrogen) atoms. The van der Waals surface area contributed by atoms with Crippen LogP contribution in [0, 0.1) is 12.8 Å². The van der Waals surface area contributed by atoms with Crippen LogP contribution in [0.25, 0.3) is 5.57 Å². The molecule has 4 atom stereocenters. The van der Waals surface area contributed by atoms with Crippen molar-refractivity contribution in [2.75, 3.05) is 17.0 Å². The summed E-state index contributed by atoms with van der Waals surface area (Å²) in [5.41, 5.74) is 4.34. The van der Waals surface area contributed by atoms with Gasteiger partial charge in [-0.3, -0.25) is 14.4 Å². The topological polar surface area (TPSA) is 84.9 Å². The predicted octanol–water partition coefficient (Wildman–Crippen LogP) is 6.03. The standard InChI is InChI=1S/C34H26N2O5S/c1-18-9-11-24-21(14-18)19(2)15-28-34(22-6-3-4-7-23(22)35-33(34)39)29(30(36(24)28)32(38)27-8-5-13-42-27)31(37)20-10-12-25-26(16-20)41-17-40-25/h3-16,28-30H,17H2,1-2H3,(H,35,39)/t28-,29-,30-,34-/m0/s1. The van der Waals surface area contributed by atoms with Gasteiger partial charge in [-0.15, -0.1) is 11.3 Å². The van der Waals surface area contributed by atoms with E-state index in [2.05, 4.69) is 17.5 Å². The predicted molar refractivity (Wildman–Crippen MR) is 161 cm³/mol. The van der Waals surface area contributed by atoms with Gasteiger partial charge in [0.2, 0.25) is 12.7 Å². The Kier molecular flexibility index (Phi) is 5.31. The minimum Gasteiger partial charge on any atom is -0.454 e. The summed E-state index contributed by atoms with van der Waals surface area (Å²) in [6.07, 6.45) is 2.07. The van der Waals surface area contributed by atoms with Crippen LogP contribution in [0.3, 0.4) is 0 Å². The highest BCUT2D eigenvalue weighted by Gasteiger charge is 2.70. The van der Waals surface area contributed by atoms with Crippen LogP contribution in [0.15, 0.2) is 84.3 Å². The lowest BCUT2D eigenvalue weighted by Gasteiger charge is -2.39. The van der Waals surface area contributed by atoms with Gasteiger partial charge in [-0.25, -0.2) is 0 Å². The number of ketones is 2. The van der Waals surface area contributed by atoms with Gasteiger partial charge >= 0.3 is 0 Å². The second kappa shape index (κ2) is 8.90. The molecule has 1 amide bonds. The van der Waals surface area contributed by atoms with Crippen molar-refractivity contribution in [1.82, 2.24) is 0 Å². The molecule has 1 saturated heterocycles. The lowest BCUT2D eigenvalue weighted by atomic mass is 9.64. The van der Waals surface area contributed by atoms with Gasteiger partial charge in [-0.1, -0.05) is 42.0 Å². The number of ether oxygens (including phenoxy) is 2. The van der Waals surface area contributed by atoms with Crippen LogP contribution in [0.4, 0.5) is 11.4 Å². The molecule has 4 aliphatic rings. The number of para-hydroxylation sites is 1. The highest BCUT2D eigenvalue weighted by molar-refractivity contribution is 7.12. The summed E-state index contributed by atoms with van der Waals surface area (Å²) < 4.78 is 11.1. The summed E-state index contributed by atoms with van der Waals surface area (Å²) in [5.74, 6) is -0.745. The number of hydrogen-bond acceptors (Lipinski definition) is 7. The number of anilines is 2. The molecule has 8 heteroatoms. The summed E-state index contributed by atoms with van der Waals surface area (Å²) in [6, 6.07) is 20.9. The van der Waals surface area contributed by atoms with E-state index in [0.717, 1.165) is 28.0 Å². The Morgan fingerprint density at radius 1 is 0.952 bits per heavy atom. The van der Waals surface area contributed by atoms with Gasteiger partial charge in [0.25, 0.3) is 0 Å². The average molecular weight is 575 g/mol. The molecule has 0 bridgehead atoms. The monoisotopic (exact) mass is 574 g/mol. The van der Waals surface area contributed by atoms with Crippen molar-refractivity contribution in [2.45, 2.75) is 31.3 Å². The molecule has 8 rings (SSSR count). The zero-order valence-corrected chi connectivity index (χ0v) is 23.7. The van der Waals surface area contributed by atoms with Crippen LogP contribution in [-0.4, -0.2) is 36.4 Å². The van der Waals surface area contributed by atoms with Crippen LogP contribution in [-0.2, 0) is 10.2 Å². The number of allylic oxidation sites excluding steroid dienone is 1. The van der Waals surface area contributed by atoms with Crippen LogP contribution in [0.5, 0.6) is 11.5 Å². The van der Waals surface area contributed by atoms with E-state index in [4.69, 9.17) is 9.47 Å². The zero-order valence-electron chi connectivity index (χ0n) is 22.9. The van der Waals surface area contributed by atoms with Crippen molar-refractivity contribution >= 4 is 45.8 Å². The third kappa shape index (κ3) is 3.24. The van der Waals surface area contributed by atoms with Gasteiger partial charge in [0.15, 0.2) is 23.1 Å². The molecule has 0 saturated carbocycles. The van der Waals surface area contributed by atoms with Crippen LogP contribution in [0.2, 0.25) is 0 Å². The smallest absolute Gasteiger partial charge is 0.238 e. The molecule has 4 aliphatic heterocycles. The number of benzene rings is 3. The van der Waals surface area contributed by atoms with Crippen molar-refractivity contribution in [3.8, 4) is 11.5 Å². The summed E-state index contributed by atoms with van der Waals surface area (Å²) in [7, 11) is 0. The number of nitrogens with zero attached hydrogens (tertiary/aromatic N) is 1. The maximum atomic E-state index is 15.0. The van der Waals surface area contributed by atoms with E-state index < -0.39 is 23.4 Å². The summed E-state index contributed by atoms with van der Waals surface area (Å²) in [5, 5.41) is 4.94. The van der Waals surface area contributed by atoms with Crippen LogP contribution >= 0.6 is 11.3 Å². The Balaban J connectivity index is 1.43. The Morgan fingerprint density at radius 3 is 2.62 bits per heavy atom. The van der Waals surface area contributed by atoms with Crippen molar-refractivity contribution < 1.29 is 23.9 Å². The number of hydrogen-bond donors (Lipinski definition) is 1. The number of fused-ring (bicyclic) bond motifs is 7. The van der Waals surface area contributed by atoms with Gasteiger partial charge in [-0.05, 0) is 72.8 Å². The first-order valence-electron chi connectivity index (χ1n) is 13.9. The van der Waals surface area contributed by atoms with Crippen LogP contribution in [0.1, 0.15) is 43.6 Å². The fourth-order valence-corrected chi connectivity index (χ4v) is 8.04. The molecular formula is C34H26N2O5S. The highest BCUT2D eigenvalue weighted by atomic mass is 32.1. The van der Waals surface area contributed by atoms with E-state index in [-0.39, 0.29) is 24.3 Å². The fraction of sp³-hybridized carbons (Fsp3) is 0.206. The largest absolute Gasteiger partial charge is 0.454 e. The molecule has 1 spiro atoms. The number of Topliss-reactive ketones (excluding diaryl/α,β-unsaturated/α-hetero) is 2. The first kappa shape index (κ1) is 25.1. The Bertz CT molecular complexity index is 1860. The van der Waals surface area contributed by atoms with E-state index in [1.54, 1.807) is 24.3 Å². The molecule has 1 fully saturated rings. The molecule has 0 unspecified atom stereocenters. The minimum atomic E-state index is -1.36. The zero-order chi connectivity index (χ0) is 28.7. The first-order chi connectivity index (χ1) is 20.4.